The Morgan fingerprint density at radius 2 is 2.21 bits per heavy atom. The van der Waals surface area contributed by atoms with Gasteiger partial charge in [0.05, 0.1) is 23.4 Å². The molecular formula is C18H19FN6O2S. The Labute approximate surface area is 164 Å². The quantitative estimate of drug-likeness (QED) is 0.690. The van der Waals surface area contributed by atoms with Crippen molar-refractivity contribution < 1.29 is 14.3 Å². The molecule has 3 aromatic rings. The van der Waals surface area contributed by atoms with E-state index in [-0.39, 0.29) is 30.1 Å². The lowest BCUT2D eigenvalue weighted by Gasteiger charge is -2.17. The summed E-state index contributed by atoms with van der Waals surface area (Å²) < 4.78 is 14.1. The van der Waals surface area contributed by atoms with Crippen molar-refractivity contribution in [3.05, 3.63) is 40.5 Å². The summed E-state index contributed by atoms with van der Waals surface area (Å²) in [5.74, 6) is -0.450. The minimum absolute atomic E-state index is 0.234. The molecule has 1 aliphatic heterocycles. The van der Waals surface area contributed by atoms with E-state index >= 15 is 0 Å². The second-order valence-electron chi connectivity index (χ2n) is 6.78. The lowest BCUT2D eigenvalue weighted by atomic mass is 10.1. The zero-order chi connectivity index (χ0) is 19.8. The molecule has 28 heavy (non-hydrogen) atoms. The predicted octanol–water partition coefficient (Wildman–Crippen LogP) is 2.31. The standard InChI is InChI=1S/C18H19FN6O2S/c1-9(11-5-12(19)7-20-6-11)21-18-23-14(15-16(24-18)22-10(2)28-15)17(27)25-4-3-13(26)8-25/h5-7,9,13,26H,3-4,8H2,1-2H3,(H,21,23,24)/t9?,13-/m1/s1. The fourth-order valence-corrected chi connectivity index (χ4v) is 4.00. The van der Waals surface area contributed by atoms with Crippen molar-refractivity contribution in [1.82, 2.24) is 24.8 Å². The number of aromatic nitrogens is 4. The van der Waals surface area contributed by atoms with Gasteiger partial charge in [0.2, 0.25) is 5.95 Å². The molecule has 4 heterocycles. The van der Waals surface area contributed by atoms with Gasteiger partial charge in [-0.25, -0.2) is 14.4 Å². The van der Waals surface area contributed by atoms with Gasteiger partial charge in [0.25, 0.3) is 5.91 Å². The van der Waals surface area contributed by atoms with Crippen LogP contribution in [-0.2, 0) is 0 Å². The topological polar surface area (TPSA) is 104 Å². The van der Waals surface area contributed by atoms with E-state index in [1.165, 1.54) is 17.4 Å². The summed E-state index contributed by atoms with van der Waals surface area (Å²) in [6.07, 6.45) is 2.74. The highest BCUT2D eigenvalue weighted by molar-refractivity contribution is 7.18. The van der Waals surface area contributed by atoms with Crippen molar-refractivity contribution in [3.63, 3.8) is 0 Å². The monoisotopic (exact) mass is 402 g/mol. The molecule has 2 atom stereocenters. The molecule has 1 saturated heterocycles. The first kappa shape index (κ1) is 18.6. The second-order valence-corrected chi connectivity index (χ2v) is 7.98. The summed E-state index contributed by atoms with van der Waals surface area (Å²) in [5.41, 5.74) is 1.33. The lowest BCUT2D eigenvalue weighted by molar-refractivity contribution is 0.0761. The van der Waals surface area contributed by atoms with Crippen molar-refractivity contribution in [2.45, 2.75) is 32.4 Å². The third kappa shape index (κ3) is 3.65. The van der Waals surface area contributed by atoms with Crippen molar-refractivity contribution in [2.24, 2.45) is 0 Å². The predicted molar refractivity (Wildman–Crippen MR) is 103 cm³/mol. The number of aryl methyl sites for hydroxylation is 1. The van der Waals surface area contributed by atoms with Crippen molar-refractivity contribution in [1.29, 1.82) is 0 Å². The highest BCUT2D eigenvalue weighted by Gasteiger charge is 2.29. The number of β-amino-alcohol motifs (C(OH)–C–C–N with tert-alkyl or cyclic N) is 1. The molecule has 1 amide bonds. The van der Waals surface area contributed by atoms with Crippen molar-refractivity contribution >= 4 is 33.5 Å². The summed E-state index contributed by atoms with van der Waals surface area (Å²) in [6.45, 7) is 4.44. The fourth-order valence-electron chi connectivity index (χ4n) is 3.16. The lowest BCUT2D eigenvalue weighted by Crippen LogP contribution is -2.30. The number of nitrogens with one attached hydrogen (secondary N) is 1. The van der Waals surface area contributed by atoms with Crippen LogP contribution in [0.5, 0.6) is 0 Å². The number of fused-ring (bicyclic) bond motifs is 1. The molecule has 1 aliphatic rings. The zero-order valence-electron chi connectivity index (χ0n) is 15.4. The van der Waals surface area contributed by atoms with Crippen molar-refractivity contribution in [2.75, 3.05) is 18.4 Å². The molecule has 0 aliphatic carbocycles. The number of aliphatic hydroxyl groups excluding tert-OH is 1. The first-order valence-electron chi connectivity index (χ1n) is 8.90. The summed E-state index contributed by atoms with van der Waals surface area (Å²) in [7, 11) is 0. The number of carbonyl (C=O) groups excluding carboxylic acids is 1. The number of hydrogen-bond acceptors (Lipinski definition) is 8. The Hall–Kier alpha value is -2.72. The third-order valence-electron chi connectivity index (χ3n) is 4.59. The van der Waals surface area contributed by atoms with Gasteiger partial charge >= 0.3 is 0 Å². The number of aliphatic hydroxyl groups is 1. The Bertz CT molecular complexity index is 1040. The first-order chi connectivity index (χ1) is 13.4. The van der Waals surface area contributed by atoms with E-state index in [9.17, 15) is 14.3 Å². The SMILES string of the molecule is Cc1nc2nc(NC(C)c3cncc(F)c3)nc(C(=O)N3CC[C@@H](O)C3)c2s1. The largest absolute Gasteiger partial charge is 0.391 e. The Balaban J connectivity index is 1.68. The van der Waals surface area contributed by atoms with Gasteiger partial charge in [-0.15, -0.1) is 11.3 Å². The summed E-state index contributed by atoms with van der Waals surface area (Å²) in [4.78, 5) is 31.7. The molecular weight excluding hydrogens is 383 g/mol. The van der Waals surface area contributed by atoms with Crippen LogP contribution in [0.3, 0.4) is 0 Å². The van der Waals surface area contributed by atoms with Gasteiger partial charge in [0, 0.05) is 19.3 Å². The molecule has 1 fully saturated rings. The highest BCUT2D eigenvalue weighted by atomic mass is 32.1. The maximum absolute atomic E-state index is 13.5. The molecule has 1 unspecified atom stereocenters. The van der Waals surface area contributed by atoms with Gasteiger partial charge in [-0.3, -0.25) is 9.78 Å². The Morgan fingerprint density at radius 3 is 2.93 bits per heavy atom. The van der Waals surface area contributed by atoms with Crippen LogP contribution < -0.4 is 5.32 Å². The number of rotatable bonds is 4. The van der Waals surface area contributed by atoms with Crippen LogP contribution in [-0.4, -0.2) is 55.0 Å². The molecule has 10 heteroatoms. The average Bonchev–Trinajstić information content (AvgIpc) is 3.25. The Kier molecular flexibility index (Phi) is 4.90. The van der Waals surface area contributed by atoms with Gasteiger partial charge in [-0.05, 0) is 31.9 Å². The summed E-state index contributed by atoms with van der Waals surface area (Å²) in [5, 5.41) is 13.6. The molecule has 8 nitrogen and oxygen atoms in total. The molecule has 0 saturated carbocycles. The number of pyridine rings is 1. The van der Waals surface area contributed by atoms with Gasteiger partial charge < -0.3 is 15.3 Å². The number of anilines is 1. The number of carbonyl (C=O) groups is 1. The summed E-state index contributed by atoms with van der Waals surface area (Å²) in [6, 6.07) is 1.06. The first-order valence-corrected chi connectivity index (χ1v) is 9.72. The van der Waals surface area contributed by atoms with E-state index in [1.54, 1.807) is 11.1 Å². The minimum atomic E-state index is -0.512. The van der Waals surface area contributed by atoms with Crippen LogP contribution in [0.2, 0.25) is 0 Å². The second kappa shape index (κ2) is 7.36. The smallest absolute Gasteiger partial charge is 0.274 e. The number of hydrogen-bond donors (Lipinski definition) is 2. The van der Waals surface area contributed by atoms with E-state index in [2.05, 4.69) is 25.3 Å². The van der Waals surface area contributed by atoms with Crippen LogP contribution in [0, 0.1) is 12.7 Å². The number of amides is 1. The van der Waals surface area contributed by atoms with Crippen LogP contribution in [0.4, 0.5) is 10.3 Å². The molecule has 4 rings (SSSR count). The molecule has 2 N–H and O–H groups in total. The fraction of sp³-hybridized carbons (Fsp3) is 0.389. The van der Waals surface area contributed by atoms with Gasteiger partial charge in [-0.1, -0.05) is 0 Å². The zero-order valence-corrected chi connectivity index (χ0v) is 16.2. The molecule has 0 spiro atoms. The number of thiazole rings is 1. The van der Waals surface area contributed by atoms with E-state index in [4.69, 9.17) is 0 Å². The summed E-state index contributed by atoms with van der Waals surface area (Å²) >= 11 is 1.36. The Morgan fingerprint density at radius 1 is 1.39 bits per heavy atom. The number of likely N-dealkylation sites (tertiary alicyclic amines) is 1. The van der Waals surface area contributed by atoms with Crippen LogP contribution in [0.25, 0.3) is 10.3 Å². The van der Waals surface area contributed by atoms with Crippen LogP contribution >= 0.6 is 11.3 Å². The molecule has 3 aromatic heterocycles. The van der Waals surface area contributed by atoms with Crippen LogP contribution in [0.1, 0.15) is 40.4 Å². The molecule has 0 aromatic carbocycles. The van der Waals surface area contributed by atoms with E-state index in [0.717, 1.165) is 11.2 Å². The highest BCUT2D eigenvalue weighted by Crippen LogP contribution is 2.27. The maximum atomic E-state index is 13.5. The van der Waals surface area contributed by atoms with E-state index < -0.39 is 11.9 Å². The normalized spacial score (nSPS) is 17.9. The molecule has 0 radical (unpaired) electrons. The minimum Gasteiger partial charge on any atom is -0.391 e. The maximum Gasteiger partial charge on any atom is 0.274 e. The average molecular weight is 402 g/mol. The number of nitrogens with zero attached hydrogens (tertiary/aromatic N) is 5. The van der Waals surface area contributed by atoms with E-state index in [0.29, 0.717) is 28.9 Å². The van der Waals surface area contributed by atoms with Gasteiger partial charge in [-0.2, -0.15) is 4.98 Å². The van der Waals surface area contributed by atoms with E-state index in [1.807, 2.05) is 13.8 Å². The molecule has 146 valence electrons. The van der Waals surface area contributed by atoms with Gasteiger partial charge in [0.15, 0.2) is 11.3 Å². The van der Waals surface area contributed by atoms with Gasteiger partial charge in [0.1, 0.15) is 10.5 Å². The molecule has 0 bridgehead atoms. The van der Waals surface area contributed by atoms with Crippen molar-refractivity contribution in [3.8, 4) is 0 Å². The van der Waals surface area contributed by atoms with Crippen LogP contribution in [0.15, 0.2) is 18.5 Å². The third-order valence-corrected chi connectivity index (χ3v) is 5.55. The number of halogens is 1.